The van der Waals surface area contributed by atoms with Crippen molar-refractivity contribution >= 4 is 49.3 Å². The summed E-state index contributed by atoms with van der Waals surface area (Å²) in [6.07, 6.45) is 0. The highest BCUT2D eigenvalue weighted by molar-refractivity contribution is 7.89. The number of non-ortho nitro benzene ring substituents is 1. The molecule has 0 amide bonds. The van der Waals surface area contributed by atoms with Gasteiger partial charge >= 0.3 is 10.4 Å². The van der Waals surface area contributed by atoms with E-state index in [1.807, 2.05) is 6.92 Å². The number of ether oxygens (including phenoxy) is 1. The second kappa shape index (κ2) is 11.6. The first-order chi connectivity index (χ1) is 15.7. The number of piperazine rings is 1. The van der Waals surface area contributed by atoms with E-state index in [1.165, 1.54) is 34.6 Å². The van der Waals surface area contributed by atoms with Crippen molar-refractivity contribution in [2.24, 2.45) is 0 Å². The Kier molecular flexibility index (Phi) is 9.62. The lowest BCUT2D eigenvalue weighted by atomic mass is 10.3. The SMILES string of the molecule is CCN1CCN(S(=O)(=O)c2cc([N+](=O)[O-])ccc2Oc2cc(Cl)cc(Cl)c2)CC1.O=S(=O)(O)O. The zero-order valence-corrected chi connectivity index (χ0v) is 20.8. The van der Waals surface area contributed by atoms with Gasteiger partial charge in [-0.15, -0.1) is 0 Å². The Bertz CT molecular complexity index is 1220. The van der Waals surface area contributed by atoms with Crippen LogP contribution in [-0.4, -0.2) is 72.8 Å². The minimum atomic E-state index is -4.67. The second-order valence-electron chi connectivity index (χ2n) is 6.88. The maximum Gasteiger partial charge on any atom is 0.394 e. The van der Waals surface area contributed by atoms with Crippen LogP contribution in [0, 0.1) is 10.1 Å². The molecule has 1 fully saturated rings. The largest absolute Gasteiger partial charge is 0.456 e. The maximum absolute atomic E-state index is 13.3. The Hall–Kier alpha value is -2.04. The van der Waals surface area contributed by atoms with Crippen LogP contribution in [-0.2, 0) is 20.4 Å². The van der Waals surface area contributed by atoms with Crippen molar-refractivity contribution in [3.8, 4) is 11.5 Å². The van der Waals surface area contributed by atoms with Gasteiger partial charge in [-0.2, -0.15) is 12.7 Å². The van der Waals surface area contributed by atoms with E-state index in [0.29, 0.717) is 36.2 Å². The summed E-state index contributed by atoms with van der Waals surface area (Å²) in [5.41, 5.74) is -0.341. The number of sulfonamides is 1. The summed E-state index contributed by atoms with van der Waals surface area (Å²) in [7, 11) is -8.68. The molecule has 1 heterocycles. The molecule has 0 spiro atoms. The fourth-order valence-electron chi connectivity index (χ4n) is 3.04. The molecule has 0 bridgehead atoms. The zero-order chi connectivity index (χ0) is 25.7. The number of rotatable bonds is 6. The number of halogens is 2. The monoisotopic (exact) mass is 557 g/mol. The van der Waals surface area contributed by atoms with Crippen LogP contribution in [0.5, 0.6) is 11.5 Å². The fourth-order valence-corrected chi connectivity index (χ4v) is 5.10. The average Bonchev–Trinajstić information content (AvgIpc) is 2.72. The molecular formula is C18H21Cl2N3O9S2. The Morgan fingerprint density at radius 1 is 1.00 bits per heavy atom. The van der Waals surface area contributed by atoms with Gasteiger partial charge < -0.3 is 9.64 Å². The topological polar surface area (TPSA) is 168 Å². The summed E-state index contributed by atoms with van der Waals surface area (Å²) in [5.74, 6) is 0.190. The minimum Gasteiger partial charge on any atom is -0.456 e. The van der Waals surface area contributed by atoms with Gasteiger partial charge in [-0.25, -0.2) is 8.42 Å². The predicted octanol–water partition coefficient (Wildman–Crippen LogP) is 3.37. The van der Waals surface area contributed by atoms with Gasteiger partial charge in [0, 0.05) is 48.4 Å². The molecule has 34 heavy (non-hydrogen) atoms. The molecule has 12 nitrogen and oxygen atoms in total. The Labute approximate surface area is 206 Å². The third kappa shape index (κ3) is 8.32. The van der Waals surface area contributed by atoms with Crippen molar-refractivity contribution in [1.82, 2.24) is 9.21 Å². The van der Waals surface area contributed by atoms with Crippen LogP contribution in [0.15, 0.2) is 41.3 Å². The lowest BCUT2D eigenvalue weighted by Gasteiger charge is -2.33. The van der Waals surface area contributed by atoms with Gasteiger partial charge in [-0.3, -0.25) is 19.2 Å². The molecule has 1 aliphatic rings. The highest BCUT2D eigenvalue weighted by Gasteiger charge is 2.32. The Balaban J connectivity index is 0.000000739. The average molecular weight is 558 g/mol. The van der Waals surface area contributed by atoms with Crippen LogP contribution in [0.3, 0.4) is 0 Å². The molecule has 16 heteroatoms. The first-order valence-corrected chi connectivity index (χ1v) is 13.1. The van der Waals surface area contributed by atoms with Crippen molar-refractivity contribution in [3.05, 3.63) is 56.6 Å². The molecular weight excluding hydrogens is 537 g/mol. The van der Waals surface area contributed by atoms with E-state index in [4.69, 9.17) is 45.5 Å². The number of likely N-dealkylation sites (N-methyl/N-ethyl adjacent to an activating group) is 1. The molecule has 0 aromatic heterocycles. The molecule has 3 rings (SSSR count). The molecule has 0 unspecified atom stereocenters. The van der Waals surface area contributed by atoms with Crippen molar-refractivity contribution in [1.29, 1.82) is 0 Å². The number of nitrogens with zero attached hydrogens (tertiary/aromatic N) is 3. The lowest BCUT2D eigenvalue weighted by Crippen LogP contribution is -2.48. The molecule has 0 aliphatic carbocycles. The molecule has 1 saturated heterocycles. The van der Waals surface area contributed by atoms with Gasteiger partial charge in [-0.1, -0.05) is 30.1 Å². The molecule has 2 aromatic rings. The van der Waals surface area contributed by atoms with E-state index in [0.717, 1.165) is 12.6 Å². The Morgan fingerprint density at radius 3 is 2.00 bits per heavy atom. The number of nitro benzene ring substituents is 1. The fraction of sp³-hybridized carbons (Fsp3) is 0.333. The van der Waals surface area contributed by atoms with Gasteiger partial charge in [0.1, 0.15) is 16.4 Å². The van der Waals surface area contributed by atoms with E-state index < -0.39 is 25.3 Å². The standard InChI is InChI=1S/C18H19Cl2N3O5S.H2O4S/c1-2-21-5-7-22(8-6-21)29(26,27)18-12-15(23(24)25)3-4-17(18)28-16-10-13(19)9-14(20)11-16;1-5(2,3)4/h3-4,9-12H,2,5-8H2,1H3;(H2,1,2,3,4). The quantitative estimate of drug-likeness (QED) is 0.305. The van der Waals surface area contributed by atoms with Crippen LogP contribution in [0.4, 0.5) is 5.69 Å². The van der Waals surface area contributed by atoms with Crippen LogP contribution in [0.1, 0.15) is 6.92 Å². The van der Waals surface area contributed by atoms with E-state index in [1.54, 1.807) is 0 Å². The summed E-state index contributed by atoms with van der Waals surface area (Å²) in [6, 6.07) is 7.94. The summed E-state index contributed by atoms with van der Waals surface area (Å²) >= 11 is 12.0. The summed E-state index contributed by atoms with van der Waals surface area (Å²) in [4.78, 5) is 12.4. The number of nitro groups is 1. The van der Waals surface area contributed by atoms with Crippen LogP contribution in [0.2, 0.25) is 10.0 Å². The van der Waals surface area contributed by atoms with Crippen LogP contribution < -0.4 is 4.74 Å². The molecule has 1 aliphatic heterocycles. The van der Waals surface area contributed by atoms with E-state index in [-0.39, 0.29) is 22.1 Å². The Morgan fingerprint density at radius 2 is 1.53 bits per heavy atom. The molecule has 0 saturated carbocycles. The smallest absolute Gasteiger partial charge is 0.394 e. The van der Waals surface area contributed by atoms with Crippen molar-refractivity contribution in [2.45, 2.75) is 11.8 Å². The van der Waals surface area contributed by atoms with Crippen molar-refractivity contribution in [2.75, 3.05) is 32.7 Å². The van der Waals surface area contributed by atoms with Gasteiger partial charge in [0.2, 0.25) is 10.0 Å². The summed E-state index contributed by atoms with van der Waals surface area (Å²) < 4.78 is 65.1. The third-order valence-corrected chi connectivity index (χ3v) is 6.95. The predicted molar refractivity (Wildman–Crippen MR) is 125 cm³/mol. The first kappa shape index (κ1) is 28.2. The highest BCUT2D eigenvalue weighted by Crippen LogP contribution is 2.36. The molecule has 0 radical (unpaired) electrons. The number of hydrogen-bond acceptors (Lipinski definition) is 8. The normalized spacial score (nSPS) is 15.3. The van der Waals surface area contributed by atoms with E-state index in [2.05, 4.69) is 4.90 Å². The molecule has 0 atom stereocenters. The second-order valence-corrected chi connectivity index (χ2v) is 10.6. The van der Waals surface area contributed by atoms with Crippen LogP contribution >= 0.6 is 23.2 Å². The molecule has 188 valence electrons. The van der Waals surface area contributed by atoms with Crippen molar-refractivity contribution < 1.29 is 35.6 Å². The van der Waals surface area contributed by atoms with Crippen LogP contribution in [0.25, 0.3) is 0 Å². The van der Waals surface area contributed by atoms with Gasteiger partial charge in [0.05, 0.1) is 4.92 Å². The lowest BCUT2D eigenvalue weighted by molar-refractivity contribution is -0.385. The minimum absolute atomic E-state index is 0.0353. The first-order valence-electron chi connectivity index (χ1n) is 9.55. The number of benzene rings is 2. The summed E-state index contributed by atoms with van der Waals surface area (Å²) in [5, 5.41) is 11.8. The van der Waals surface area contributed by atoms with E-state index >= 15 is 0 Å². The van der Waals surface area contributed by atoms with Gasteiger partial charge in [-0.05, 0) is 30.8 Å². The highest BCUT2D eigenvalue weighted by atomic mass is 35.5. The summed E-state index contributed by atoms with van der Waals surface area (Å²) in [6.45, 7) is 4.60. The van der Waals surface area contributed by atoms with Crippen molar-refractivity contribution in [3.63, 3.8) is 0 Å². The van der Waals surface area contributed by atoms with Gasteiger partial charge in [0.15, 0.2) is 0 Å². The number of hydrogen-bond donors (Lipinski definition) is 2. The van der Waals surface area contributed by atoms with E-state index in [9.17, 15) is 18.5 Å². The molecule has 2 N–H and O–H groups in total. The maximum atomic E-state index is 13.3. The molecule has 2 aromatic carbocycles. The van der Waals surface area contributed by atoms with Gasteiger partial charge in [0.25, 0.3) is 5.69 Å². The zero-order valence-electron chi connectivity index (χ0n) is 17.7. The third-order valence-electron chi connectivity index (χ3n) is 4.60.